The monoisotopic (exact) mass is 388 g/mol. The van der Waals surface area contributed by atoms with Gasteiger partial charge in [-0.3, -0.25) is 4.98 Å². The summed E-state index contributed by atoms with van der Waals surface area (Å²) in [5, 5.41) is 5.98. The number of nitrogens with zero attached hydrogens (tertiary/aromatic N) is 2. The van der Waals surface area contributed by atoms with Crippen molar-refractivity contribution >= 4 is 45.4 Å². The van der Waals surface area contributed by atoms with E-state index in [2.05, 4.69) is 10.3 Å². The lowest BCUT2D eigenvalue weighted by atomic mass is 10.1. The molecule has 0 saturated heterocycles. The predicted molar refractivity (Wildman–Crippen MR) is 109 cm³/mol. The van der Waals surface area contributed by atoms with Gasteiger partial charge < -0.3 is 16.0 Å². The molecule has 1 aromatic heterocycles. The normalized spacial score (nSPS) is 10.7. The molecule has 7 heteroatoms. The van der Waals surface area contributed by atoms with Crippen LogP contribution < -0.4 is 11.1 Å². The molecule has 0 atom stereocenters. The average molecular weight is 389 g/mol. The first kappa shape index (κ1) is 18.5. The van der Waals surface area contributed by atoms with Crippen molar-refractivity contribution in [3.8, 4) is 0 Å². The van der Waals surface area contributed by atoms with E-state index in [1.807, 2.05) is 35.4 Å². The van der Waals surface area contributed by atoms with Gasteiger partial charge in [-0.25, -0.2) is 4.39 Å². The highest BCUT2D eigenvalue weighted by atomic mass is 35.5. The minimum absolute atomic E-state index is 0.102. The van der Waals surface area contributed by atoms with Crippen LogP contribution in [0.4, 0.5) is 10.1 Å². The maximum atomic E-state index is 13.7. The van der Waals surface area contributed by atoms with Crippen molar-refractivity contribution in [2.45, 2.75) is 6.54 Å². The van der Waals surface area contributed by atoms with E-state index in [9.17, 15) is 4.39 Å². The second-order valence-electron chi connectivity index (χ2n) is 5.83. The molecule has 0 saturated carbocycles. The van der Waals surface area contributed by atoms with Crippen molar-refractivity contribution < 1.29 is 4.39 Å². The molecule has 3 rings (SSSR count). The van der Waals surface area contributed by atoms with Gasteiger partial charge in [0, 0.05) is 43.1 Å². The fourth-order valence-electron chi connectivity index (χ4n) is 2.63. The summed E-state index contributed by atoms with van der Waals surface area (Å²) in [6.07, 6.45) is 3.56. The number of benzene rings is 2. The van der Waals surface area contributed by atoms with Crippen LogP contribution in [0.2, 0.25) is 5.02 Å². The number of aromatic nitrogens is 1. The molecule has 26 heavy (non-hydrogen) atoms. The Hall–Kier alpha value is -2.28. The van der Waals surface area contributed by atoms with Crippen LogP contribution in [0.3, 0.4) is 0 Å². The first-order valence-electron chi connectivity index (χ1n) is 8.10. The average Bonchev–Trinajstić information content (AvgIpc) is 2.64. The van der Waals surface area contributed by atoms with Crippen LogP contribution in [0.1, 0.15) is 5.56 Å². The van der Waals surface area contributed by atoms with Crippen molar-refractivity contribution in [3.63, 3.8) is 0 Å². The number of hydrogen-bond donors (Lipinski definition) is 2. The predicted octanol–water partition coefficient (Wildman–Crippen LogP) is 4.19. The summed E-state index contributed by atoms with van der Waals surface area (Å²) in [4.78, 5) is 6.01. The van der Waals surface area contributed by atoms with Gasteiger partial charge in [-0.05, 0) is 53.5 Å². The fraction of sp³-hybridized carbons (Fsp3) is 0.158. The zero-order valence-electron chi connectivity index (χ0n) is 14.0. The molecule has 0 aliphatic rings. The lowest BCUT2D eigenvalue weighted by Crippen LogP contribution is -2.37. The molecule has 0 amide bonds. The Morgan fingerprint density at radius 3 is 2.81 bits per heavy atom. The lowest BCUT2D eigenvalue weighted by molar-refractivity contribution is 0.428. The van der Waals surface area contributed by atoms with Crippen molar-refractivity contribution in [2.24, 2.45) is 5.73 Å². The number of anilines is 1. The molecule has 0 aliphatic carbocycles. The van der Waals surface area contributed by atoms with Crippen LogP contribution in [0.5, 0.6) is 0 Å². The van der Waals surface area contributed by atoms with Gasteiger partial charge in [0.15, 0.2) is 5.11 Å². The van der Waals surface area contributed by atoms with Crippen molar-refractivity contribution in [1.82, 2.24) is 9.88 Å². The number of pyridine rings is 1. The number of thiocarbonyl (C=S) groups is 1. The molecule has 3 N–H and O–H groups in total. The molecule has 0 unspecified atom stereocenters. The van der Waals surface area contributed by atoms with Gasteiger partial charge in [0.25, 0.3) is 0 Å². The quantitative estimate of drug-likeness (QED) is 0.642. The number of fused-ring (bicyclic) bond motifs is 1. The van der Waals surface area contributed by atoms with Gasteiger partial charge >= 0.3 is 0 Å². The van der Waals surface area contributed by atoms with E-state index in [0.717, 1.165) is 22.0 Å². The molecule has 4 nitrogen and oxygen atoms in total. The van der Waals surface area contributed by atoms with Gasteiger partial charge in [-0.15, -0.1) is 0 Å². The van der Waals surface area contributed by atoms with Crippen LogP contribution >= 0.6 is 23.8 Å². The van der Waals surface area contributed by atoms with Crippen molar-refractivity contribution in [3.05, 3.63) is 71.3 Å². The van der Waals surface area contributed by atoms with Crippen molar-refractivity contribution in [2.75, 3.05) is 18.4 Å². The Kier molecular flexibility index (Phi) is 5.98. The smallest absolute Gasteiger partial charge is 0.173 e. The number of hydrogen-bond acceptors (Lipinski definition) is 3. The summed E-state index contributed by atoms with van der Waals surface area (Å²) in [7, 11) is 0. The number of nitrogens with two attached hydrogens (primary N) is 1. The Labute approximate surface area is 161 Å². The van der Waals surface area contributed by atoms with Crippen LogP contribution in [0.25, 0.3) is 10.8 Å². The second-order valence-corrected chi connectivity index (χ2v) is 6.62. The second kappa shape index (κ2) is 8.40. The number of rotatable bonds is 5. The molecule has 0 spiro atoms. The summed E-state index contributed by atoms with van der Waals surface area (Å²) < 4.78 is 13.7. The largest absolute Gasteiger partial charge is 0.343 e. The molecule has 134 valence electrons. The lowest BCUT2D eigenvalue weighted by Gasteiger charge is -2.25. The van der Waals surface area contributed by atoms with Crippen molar-refractivity contribution in [1.29, 1.82) is 0 Å². The Bertz CT molecular complexity index is 934. The van der Waals surface area contributed by atoms with E-state index in [1.54, 1.807) is 18.3 Å². The molecule has 0 bridgehead atoms. The molecule has 0 radical (unpaired) electrons. The third-order valence-electron chi connectivity index (χ3n) is 3.94. The summed E-state index contributed by atoms with van der Waals surface area (Å²) in [6.45, 7) is 1.42. The van der Waals surface area contributed by atoms with E-state index in [1.165, 1.54) is 6.07 Å². The van der Waals surface area contributed by atoms with Crippen LogP contribution in [-0.2, 0) is 6.54 Å². The van der Waals surface area contributed by atoms with Gasteiger partial charge in [-0.1, -0.05) is 23.7 Å². The fourth-order valence-corrected chi connectivity index (χ4v) is 3.02. The standard InChI is InChI=1S/C19H18ClFN4S/c20-17-4-1-13(9-18(17)21)12-25(8-6-22)19(26)24-16-3-2-15-11-23-7-5-14(15)10-16/h1-5,7,9-11H,6,8,12,22H2,(H,24,26). The highest BCUT2D eigenvalue weighted by Crippen LogP contribution is 2.20. The first-order chi connectivity index (χ1) is 12.6. The highest BCUT2D eigenvalue weighted by molar-refractivity contribution is 7.80. The van der Waals surface area contributed by atoms with E-state index in [0.29, 0.717) is 24.7 Å². The molecule has 0 aliphatic heterocycles. The first-order valence-corrected chi connectivity index (χ1v) is 8.89. The maximum absolute atomic E-state index is 13.7. The van der Waals surface area contributed by atoms with Crippen LogP contribution in [-0.4, -0.2) is 28.1 Å². The summed E-state index contributed by atoms with van der Waals surface area (Å²) >= 11 is 11.3. The maximum Gasteiger partial charge on any atom is 0.173 e. The molecule has 2 aromatic carbocycles. The van der Waals surface area contributed by atoms with E-state index < -0.39 is 5.82 Å². The Morgan fingerprint density at radius 1 is 1.19 bits per heavy atom. The van der Waals surface area contributed by atoms with E-state index in [-0.39, 0.29) is 5.02 Å². The molecular formula is C19H18ClFN4S. The Balaban J connectivity index is 1.75. The highest BCUT2D eigenvalue weighted by Gasteiger charge is 2.12. The summed E-state index contributed by atoms with van der Waals surface area (Å²) in [6, 6.07) is 12.6. The van der Waals surface area contributed by atoms with Gasteiger partial charge in [0.2, 0.25) is 0 Å². The zero-order valence-corrected chi connectivity index (χ0v) is 15.5. The SMILES string of the molecule is NCCN(Cc1ccc(Cl)c(F)c1)C(=S)Nc1ccc2cnccc2c1. The number of halogens is 2. The molecule has 1 heterocycles. The molecule has 0 fully saturated rings. The van der Waals surface area contributed by atoms with E-state index in [4.69, 9.17) is 29.6 Å². The zero-order chi connectivity index (χ0) is 18.5. The summed E-state index contributed by atoms with van der Waals surface area (Å²) in [5.41, 5.74) is 7.36. The molecule has 3 aromatic rings. The van der Waals surface area contributed by atoms with Gasteiger partial charge in [0.1, 0.15) is 5.82 Å². The van der Waals surface area contributed by atoms with E-state index >= 15 is 0 Å². The minimum atomic E-state index is -0.445. The Morgan fingerprint density at radius 2 is 2.04 bits per heavy atom. The topological polar surface area (TPSA) is 54.2 Å². The summed E-state index contributed by atoms with van der Waals surface area (Å²) in [5.74, 6) is -0.445. The molecular weight excluding hydrogens is 371 g/mol. The van der Waals surface area contributed by atoms with Gasteiger partial charge in [0.05, 0.1) is 5.02 Å². The van der Waals surface area contributed by atoms with Gasteiger partial charge in [-0.2, -0.15) is 0 Å². The minimum Gasteiger partial charge on any atom is -0.343 e. The number of nitrogens with one attached hydrogen (secondary N) is 1. The third kappa shape index (κ3) is 4.46. The van der Waals surface area contributed by atoms with Crippen LogP contribution in [0.15, 0.2) is 54.9 Å². The third-order valence-corrected chi connectivity index (χ3v) is 4.60. The van der Waals surface area contributed by atoms with Crippen LogP contribution in [0, 0.1) is 5.82 Å².